The van der Waals surface area contributed by atoms with E-state index < -0.39 is 42.1 Å². The average molecular weight is 356 g/mol. The Balaban J connectivity index is 2.96. The van der Waals surface area contributed by atoms with Crippen LogP contribution in [0.25, 0.3) is 0 Å². The summed E-state index contributed by atoms with van der Waals surface area (Å²) in [6, 6.07) is 0.591. The number of carboxylic acid groups (broad SMARTS) is 1. The van der Waals surface area contributed by atoms with E-state index in [9.17, 15) is 19.5 Å². The van der Waals surface area contributed by atoms with Gasteiger partial charge in [-0.1, -0.05) is 13.8 Å². The van der Waals surface area contributed by atoms with E-state index in [4.69, 9.17) is 20.0 Å². The van der Waals surface area contributed by atoms with Gasteiger partial charge in [-0.2, -0.15) is 0 Å². The molecule has 0 aliphatic heterocycles. The van der Waals surface area contributed by atoms with Gasteiger partial charge in [0.25, 0.3) is 0 Å². The quantitative estimate of drug-likeness (QED) is 0.483. The maximum atomic E-state index is 12.1. The summed E-state index contributed by atoms with van der Waals surface area (Å²) in [5.41, 5.74) is 4.69. The van der Waals surface area contributed by atoms with Gasteiger partial charge in [-0.25, -0.2) is 4.79 Å². The number of aliphatic hydroxyl groups excluding tert-OH is 1. The summed E-state index contributed by atoms with van der Waals surface area (Å²) >= 11 is 0. The number of carbonyl (C=O) groups excluding carboxylic acids is 1. The molecule has 9 heteroatoms. The van der Waals surface area contributed by atoms with Crippen LogP contribution in [0.15, 0.2) is 21.3 Å². The van der Waals surface area contributed by atoms with Crippen LogP contribution in [0.2, 0.25) is 0 Å². The van der Waals surface area contributed by atoms with E-state index in [-0.39, 0.29) is 17.4 Å². The zero-order valence-electron chi connectivity index (χ0n) is 14.4. The van der Waals surface area contributed by atoms with E-state index in [0.29, 0.717) is 6.42 Å². The van der Waals surface area contributed by atoms with Gasteiger partial charge in [0.2, 0.25) is 5.91 Å². The molecule has 0 aliphatic carbocycles. The van der Waals surface area contributed by atoms with Crippen molar-refractivity contribution in [3.05, 3.63) is 28.3 Å². The number of hydrogen-bond acceptors (Lipinski definition) is 7. The molecule has 0 radical (unpaired) electrons. The normalized spacial score (nSPS) is 14.6. The fourth-order valence-corrected chi connectivity index (χ4v) is 2.20. The van der Waals surface area contributed by atoms with Gasteiger partial charge in [0.1, 0.15) is 23.7 Å². The van der Waals surface area contributed by atoms with Gasteiger partial charge in [-0.15, -0.1) is 0 Å². The number of amides is 1. The lowest BCUT2D eigenvalue weighted by Gasteiger charge is -2.22. The monoisotopic (exact) mass is 356 g/mol. The largest absolute Gasteiger partial charge is 0.496 e. The predicted octanol–water partition coefficient (Wildman–Crippen LogP) is 0.0147. The molecule has 5 N–H and O–H groups in total. The molecular formula is C16H24N2O7. The summed E-state index contributed by atoms with van der Waals surface area (Å²) < 4.78 is 10.2. The summed E-state index contributed by atoms with van der Waals surface area (Å²) in [5.74, 6) is -1.51. The minimum atomic E-state index is -1.60. The SMILES string of the molecule is COc1cc([C@H](CC(C)C)NC(=O)[C@H](O)C[C@H](N)C(=O)O)oc(=O)c1. The molecule has 25 heavy (non-hydrogen) atoms. The minimum absolute atomic E-state index is 0.139. The molecule has 1 heterocycles. The van der Waals surface area contributed by atoms with Crippen LogP contribution < -0.4 is 21.4 Å². The molecule has 0 bridgehead atoms. The second-order valence-electron chi connectivity index (χ2n) is 6.11. The van der Waals surface area contributed by atoms with Gasteiger partial charge < -0.3 is 30.4 Å². The number of methoxy groups -OCH3 is 1. The van der Waals surface area contributed by atoms with Crippen LogP contribution in [0.3, 0.4) is 0 Å². The molecule has 0 saturated heterocycles. The molecule has 1 aromatic heterocycles. The number of ether oxygens (including phenoxy) is 1. The predicted molar refractivity (Wildman–Crippen MR) is 88.1 cm³/mol. The average Bonchev–Trinajstić information content (AvgIpc) is 2.52. The van der Waals surface area contributed by atoms with E-state index in [1.54, 1.807) is 0 Å². The third kappa shape index (κ3) is 6.55. The number of aliphatic hydroxyl groups is 1. The van der Waals surface area contributed by atoms with Crippen molar-refractivity contribution >= 4 is 11.9 Å². The minimum Gasteiger partial charge on any atom is -0.496 e. The lowest BCUT2D eigenvalue weighted by Crippen LogP contribution is -2.43. The molecule has 1 amide bonds. The first kappa shape index (κ1) is 20.7. The fraction of sp³-hybridized carbons (Fsp3) is 0.562. The Kier molecular flexibility index (Phi) is 7.59. The summed E-state index contributed by atoms with van der Waals surface area (Å²) in [6.45, 7) is 3.82. The number of aliphatic carboxylic acids is 1. The zero-order chi connectivity index (χ0) is 19.1. The van der Waals surface area contributed by atoms with E-state index in [0.717, 1.165) is 0 Å². The Morgan fingerprint density at radius 2 is 1.96 bits per heavy atom. The Bertz CT molecular complexity index is 656. The molecule has 0 fully saturated rings. The Labute approximate surface area is 144 Å². The highest BCUT2D eigenvalue weighted by molar-refractivity contribution is 5.82. The van der Waals surface area contributed by atoms with Crippen LogP contribution in [0, 0.1) is 5.92 Å². The van der Waals surface area contributed by atoms with Crippen LogP contribution in [-0.2, 0) is 9.59 Å². The molecule has 0 unspecified atom stereocenters. The van der Waals surface area contributed by atoms with Crippen molar-refractivity contribution in [2.75, 3.05) is 7.11 Å². The van der Waals surface area contributed by atoms with E-state index in [1.165, 1.54) is 19.2 Å². The number of nitrogens with one attached hydrogen (secondary N) is 1. The van der Waals surface area contributed by atoms with Gasteiger partial charge >= 0.3 is 11.6 Å². The topological polar surface area (TPSA) is 152 Å². The van der Waals surface area contributed by atoms with Crippen molar-refractivity contribution in [3.8, 4) is 5.75 Å². The fourth-order valence-electron chi connectivity index (χ4n) is 2.20. The zero-order valence-corrected chi connectivity index (χ0v) is 14.4. The number of carbonyl (C=O) groups is 2. The smallest absolute Gasteiger partial charge is 0.339 e. The van der Waals surface area contributed by atoms with Crippen molar-refractivity contribution in [2.24, 2.45) is 11.7 Å². The van der Waals surface area contributed by atoms with E-state index in [2.05, 4.69) is 5.32 Å². The molecule has 1 aromatic rings. The molecule has 0 aromatic carbocycles. The number of carboxylic acids is 1. The van der Waals surface area contributed by atoms with Gasteiger partial charge in [0.15, 0.2) is 0 Å². The van der Waals surface area contributed by atoms with Gasteiger partial charge in [0.05, 0.1) is 19.2 Å². The van der Waals surface area contributed by atoms with Crippen molar-refractivity contribution in [3.63, 3.8) is 0 Å². The van der Waals surface area contributed by atoms with Crippen molar-refractivity contribution in [1.29, 1.82) is 0 Å². The second kappa shape index (κ2) is 9.19. The van der Waals surface area contributed by atoms with E-state index in [1.807, 2.05) is 13.8 Å². The summed E-state index contributed by atoms with van der Waals surface area (Å²) in [6.07, 6.45) is -1.60. The molecule has 140 valence electrons. The van der Waals surface area contributed by atoms with Crippen LogP contribution >= 0.6 is 0 Å². The Hall–Kier alpha value is -2.39. The maximum absolute atomic E-state index is 12.1. The van der Waals surface area contributed by atoms with Gasteiger partial charge in [-0.05, 0) is 12.3 Å². The van der Waals surface area contributed by atoms with Crippen molar-refractivity contribution in [2.45, 2.75) is 44.9 Å². The third-order valence-corrected chi connectivity index (χ3v) is 3.46. The highest BCUT2D eigenvalue weighted by atomic mass is 16.5. The highest BCUT2D eigenvalue weighted by Gasteiger charge is 2.26. The number of hydrogen-bond donors (Lipinski definition) is 4. The first-order chi connectivity index (χ1) is 11.6. The second-order valence-corrected chi connectivity index (χ2v) is 6.11. The highest BCUT2D eigenvalue weighted by Crippen LogP contribution is 2.23. The standard InChI is InChI=1S/C16H24N2O7/c1-8(2)4-11(13-5-9(24-3)6-14(20)25-13)18-15(21)12(19)7-10(17)16(22)23/h5-6,8,10-12,19H,4,7,17H2,1-3H3,(H,18,21)(H,22,23)/t10-,11-,12+/m0/s1. The van der Waals surface area contributed by atoms with E-state index >= 15 is 0 Å². The third-order valence-electron chi connectivity index (χ3n) is 3.46. The van der Waals surface area contributed by atoms with Crippen LogP contribution in [0.5, 0.6) is 5.75 Å². The van der Waals surface area contributed by atoms with Gasteiger partial charge in [-0.3, -0.25) is 9.59 Å². The molecule has 9 nitrogen and oxygen atoms in total. The van der Waals surface area contributed by atoms with Crippen LogP contribution in [-0.4, -0.2) is 41.3 Å². The summed E-state index contributed by atoms with van der Waals surface area (Å²) in [5, 5.41) is 21.2. The summed E-state index contributed by atoms with van der Waals surface area (Å²) in [7, 11) is 1.39. The van der Waals surface area contributed by atoms with Crippen molar-refractivity contribution < 1.29 is 29.0 Å². The number of rotatable bonds is 9. The molecule has 3 atom stereocenters. The molecule has 1 rings (SSSR count). The Morgan fingerprint density at radius 3 is 2.48 bits per heavy atom. The molecule has 0 aliphatic rings. The first-order valence-electron chi connectivity index (χ1n) is 7.80. The summed E-state index contributed by atoms with van der Waals surface area (Å²) in [4.78, 5) is 34.5. The first-order valence-corrected chi connectivity index (χ1v) is 7.80. The van der Waals surface area contributed by atoms with Crippen LogP contribution in [0.1, 0.15) is 38.5 Å². The van der Waals surface area contributed by atoms with Crippen molar-refractivity contribution in [1.82, 2.24) is 5.32 Å². The molecular weight excluding hydrogens is 332 g/mol. The lowest BCUT2D eigenvalue weighted by molar-refractivity contribution is -0.140. The molecule has 0 spiro atoms. The Morgan fingerprint density at radius 1 is 1.32 bits per heavy atom. The molecule has 0 saturated carbocycles. The maximum Gasteiger partial charge on any atom is 0.339 e. The van der Waals surface area contributed by atoms with Gasteiger partial charge in [0, 0.05) is 12.5 Å². The van der Waals surface area contributed by atoms with Crippen LogP contribution in [0.4, 0.5) is 0 Å². The number of nitrogens with two attached hydrogens (primary N) is 1. The lowest BCUT2D eigenvalue weighted by atomic mass is 10.0.